The molecule has 1 unspecified atom stereocenters. The van der Waals surface area contributed by atoms with Crippen LogP contribution in [0.4, 0.5) is 0 Å². The van der Waals surface area contributed by atoms with Crippen LogP contribution in [0.15, 0.2) is 23.5 Å². The van der Waals surface area contributed by atoms with E-state index in [0.717, 1.165) is 12.0 Å². The van der Waals surface area contributed by atoms with E-state index in [1.165, 1.54) is 0 Å². The number of nitrogens with zero attached hydrogens (tertiary/aromatic N) is 2. The van der Waals surface area contributed by atoms with E-state index in [-0.39, 0.29) is 5.84 Å². The van der Waals surface area contributed by atoms with E-state index >= 15 is 0 Å². The molecule has 0 aliphatic carbocycles. The molecule has 4 N–H and O–H groups in total. The second kappa shape index (κ2) is 7.62. The lowest BCUT2D eigenvalue weighted by molar-refractivity contribution is 0.164. The first-order chi connectivity index (χ1) is 8.71. The Morgan fingerprint density at radius 1 is 1.67 bits per heavy atom. The first kappa shape index (κ1) is 14.4. The molecule has 0 aromatic carbocycles. The van der Waals surface area contributed by atoms with Crippen LogP contribution in [0.25, 0.3) is 0 Å². The van der Waals surface area contributed by atoms with Crippen molar-refractivity contribution < 1.29 is 9.94 Å². The Balaban J connectivity index is 2.62. The van der Waals surface area contributed by atoms with Crippen molar-refractivity contribution in [3.05, 3.63) is 29.6 Å². The monoisotopic (exact) mass is 252 g/mol. The molecular formula is C12H20N4O2. The number of pyridine rings is 1. The molecule has 6 heteroatoms. The van der Waals surface area contributed by atoms with E-state index in [0.29, 0.717) is 24.9 Å². The van der Waals surface area contributed by atoms with Gasteiger partial charge in [0.2, 0.25) is 0 Å². The number of methoxy groups -OCH3 is 1. The molecule has 1 aromatic heterocycles. The normalized spacial score (nSPS) is 13.6. The molecule has 0 bridgehead atoms. The fraction of sp³-hybridized carbons (Fsp3) is 0.500. The summed E-state index contributed by atoms with van der Waals surface area (Å²) in [5.74, 6) is 0.0146. The lowest BCUT2D eigenvalue weighted by atomic mass is 10.2. The van der Waals surface area contributed by atoms with Gasteiger partial charge in [0.25, 0.3) is 0 Å². The first-order valence-electron chi connectivity index (χ1n) is 5.86. The zero-order valence-corrected chi connectivity index (χ0v) is 10.8. The number of aromatic nitrogens is 1. The SMILES string of the molecule is CCC(COC)NCc1ccnc(C(N)=NO)c1. The summed E-state index contributed by atoms with van der Waals surface area (Å²) in [4.78, 5) is 4.03. The summed E-state index contributed by atoms with van der Waals surface area (Å²) >= 11 is 0. The molecule has 0 amide bonds. The van der Waals surface area contributed by atoms with Crippen molar-refractivity contribution in [2.24, 2.45) is 10.9 Å². The Kier molecular flexibility index (Phi) is 6.10. The Bertz CT molecular complexity index is 395. The summed E-state index contributed by atoms with van der Waals surface area (Å²) in [6, 6.07) is 4.00. The number of nitrogens with two attached hydrogens (primary N) is 1. The average Bonchev–Trinajstić information content (AvgIpc) is 2.42. The van der Waals surface area contributed by atoms with Gasteiger partial charge in [0, 0.05) is 25.9 Å². The quantitative estimate of drug-likeness (QED) is 0.287. The van der Waals surface area contributed by atoms with Gasteiger partial charge >= 0.3 is 0 Å². The fourth-order valence-electron chi connectivity index (χ4n) is 1.56. The van der Waals surface area contributed by atoms with Crippen LogP contribution in [0.5, 0.6) is 0 Å². The molecule has 100 valence electrons. The Hall–Kier alpha value is -1.66. The van der Waals surface area contributed by atoms with Gasteiger partial charge in [-0.3, -0.25) is 4.98 Å². The van der Waals surface area contributed by atoms with Gasteiger partial charge in [-0.05, 0) is 24.1 Å². The Labute approximate surface area is 107 Å². The van der Waals surface area contributed by atoms with Crippen LogP contribution < -0.4 is 11.1 Å². The van der Waals surface area contributed by atoms with Crippen molar-refractivity contribution in [1.82, 2.24) is 10.3 Å². The molecule has 0 spiro atoms. The molecule has 6 nitrogen and oxygen atoms in total. The summed E-state index contributed by atoms with van der Waals surface area (Å²) in [7, 11) is 1.69. The topological polar surface area (TPSA) is 92.8 Å². The molecule has 1 aromatic rings. The predicted octanol–water partition coefficient (Wildman–Crippen LogP) is 0.691. The van der Waals surface area contributed by atoms with E-state index < -0.39 is 0 Å². The van der Waals surface area contributed by atoms with Crippen LogP contribution in [0.3, 0.4) is 0 Å². The van der Waals surface area contributed by atoms with Crippen LogP contribution in [-0.2, 0) is 11.3 Å². The minimum atomic E-state index is 0.0146. The molecule has 0 aliphatic heterocycles. The molecule has 18 heavy (non-hydrogen) atoms. The maximum Gasteiger partial charge on any atom is 0.188 e. The highest BCUT2D eigenvalue weighted by molar-refractivity contribution is 5.95. The van der Waals surface area contributed by atoms with Gasteiger partial charge in [-0.25, -0.2) is 0 Å². The third-order valence-corrected chi connectivity index (χ3v) is 2.65. The van der Waals surface area contributed by atoms with Crippen molar-refractivity contribution in [2.75, 3.05) is 13.7 Å². The van der Waals surface area contributed by atoms with E-state index in [2.05, 4.69) is 22.4 Å². The lowest BCUT2D eigenvalue weighted by Crippen LogP contribution is -2.32. The number of hydrogen-bond acceptors (Lipinski definition) is 5. The standard InChI is InChI=1S/C12H20N4O2/c1-3-10(8-18-2)15-7-9-4-5-14-11(6-9)12(13)16-17/h4-6,10,15,17H,3,7-8H2,1-2H3,(H2,13,16). The Morgan fingerprint density at radius 2 is 2.44 bits per heavy atom. The minimum Gasteiger partial charge on any atom is -0.409 e. The number of amidine groups is 1. The molecule has 0 saturated carbocycles. The van der Waals surface area contributed by atoms with Crippen LogP contribution >= 0.6 is 0 Å². The van der Waals surface area contributed by atoms with Gasteiger partial charge in [0.05, 0.1) is 6.61 Å². The molecule has 1 atom stereocenters. The summed E-state index contributed by atoms with van der Waals surface area (Å²) in [5.41, 5.74) is 6.99. The molecule has 1 rings (SSSR count). The first-order valence-corrected chi connectivity index (χ1v) is 5.86. The number of ether oxygens (including phenoxy) is 1. The van der Waals surface area contributed by atoms with E-state index in [1.807, 2.05) is 6.07 Å². The summed E-state index contributed by atoms with van der Waals surface area (Å²) in [5, 5.41) is 14.9. The third kappa shape index (κ3) is 4.31. The third-order valence-electron chi connectivity index (χ3n) is 2.65. The molecule has 0 saturated heterocycles. The lowest BCUT2D eigenvalue weighted by Gasteiger charge is -2.15. The summed E-state index contributed by atoms with van der Waals surface area (Å²) in [6.07, 6.45) is 2.63. The highest BCUT2D eigenvalue weighted by Gasteiger charge is 2.06. The smallest absolute Gasteiger partial charge is 0.188 e. The number of oxime groups is 1. The van der Waals surface area contributed by atoms with Crippen molar-refractivity contribution in [3.63, 3.8) is 0 Å². The van der Waals surface area contributed by atoms with Gasteiger partial charge in [0.1, 0.15) is 5.69 Å². The number of hydrogen-bond donors (Lipinski definition) is 3. The van der Waals surface area contributed by atoms with Crippen LogP contribution in [-0.4, -0.2) is 35.8 Å². The second-order valence-electron chi connectivity index (χ2n) is 3.98. The second-order valence-corrected chi connectivity index (χ2v) is 3.98. The molecule has 0 radical (unpaired) electrons. The molecule has 1 heterocycles. The van der Waals surface area contributed by atoms with Crippen molar-refractivity contribution in [1.29, 1.82) is 0 Å². The van der Waals surface area contributed by atoms with Crippen LogP contribution in [0.1, 0.15) is 24.6 Å². The Morgan fingerprint density at radius 3 is 3.06 bits per heavy atom. The molecular weight excluding hydrogens is 232 g/mol. The number of nitrogens with one attached hydrogen (secondary N) is 1. The van der Waals surface area contributed by atoms with E-state index in [1.54, 1.807) is 19.4 Å². The van der Waals surface area contributed by atoms with Gasteiger partial charge in [-0.1, -0.05) is 12.1 Å². The van der Waals surface area contributed by atoms with Crippen LogP contribution in [0.2, 0.25) is 0 Å². The molecule has 0 aliphatic rings. The summed E-state index contributed by atoms with van der Waals surface area (Å²) < 4.78 is 5.12. The summed E-state index contributed by atoms with van der Waals surface area (Å²) in [6.45, 7) is 3.47. The largest absolute Gasteiger partial charge is 0.409 e. The fourth-order valence-corrected chi connectivity index (χ4v) is 1.56. The van der Waals surface area contributed by atoms with Gasteiger partial charge < -0.3 is 21.0 Å². The van der Waals surface area contributed by atoms with Crippen molar-refractivity contribution >= 4 is 5.84 Å². The average molecular weight is 252 g/mol. The minimum absolute atomic E-state index is 0.0146. The van der Waals surface area contributed by atoms with Gasteiger partial charge in [-0.2, -0.15) is 0 Å². The maximum atomic E-state index is 8.60. The molecule has 0 fully saturated rings. The highest BCUT2D eigenvalue weighted by Crippen LogP contribution is 2.03. The van der Waals surface area contributed by atoms with Crippen LogP contribution in [0, 0.1) is 0 Å². The van der Waals surface area contributed by atoms with Gasteiger partial charge in [0.15, 0.2) is 5.84 Å². The van der Waals surface area contributed by atoms with E-state index in [9.17, 15) is 0 Å². The van der Waals surface area contributed by atoms with E-state index in [4.69, 9.17) is 15.7 Å². The van der Waals surface area contributed by atoms with Gasteiger partial charge in [-0.15, -0.1) is 0 Å². The number of rotatable bonds is 7. The van der Waals surface area contributed by atoms with Crippen molar-refractivity contribution in [3.8, 4) is 0 Å². The van der Waals surface area contributed by atoms with Crippen molar-refractivity contribution in [2.45, 2.75) is 25.9 Å². The zero-order valence-electron chi connectivity index (χ0n) is 10.8. The zero-order chi connectivity index (χ0) is 13.4. The predicted molar refractivity (Wildman–Crippen MR) is 69.5 cm³/mol. The maximum absolute atomic E-state index is 8.60. The highest BCUT2D eigenvalue weighted by atomic mass is 16.5.